The third-order valence-corrected chi connectivity index (χ3v) is 8.34. The van der Waals surface area contributed by atoms with E-state index in [9.17, 15) is 17.2 Å². The van der Waals surface area contributed by atoms with Crippen LogP contribution in [0.25, 0.3) is 0 Å². The minimum absolute atomic E-state index is 0.0562. The quantitative estimate of drug-likeness (QED) is 0.343. The van der Waals surface area contributed by atoms with E-state index in [1.165, 1.54) is 12.1 Å². The van der Waals surface area contributed by atoms with Crippen LogP contribution in [0, 0.1) is 0 Å². The van der Waals surface area contributed by atoms with E-state index in [2.05, 4.69) is 14.2 Å². The van der Waals surface area contributed by atoms with Gasteiger partial charge in [0.05, 0.1) is 38.1 Å². The highest BCUT2D eigenvalue weighted by Gasteiger charge is 2.22. The molecule has 10 heteroatoms. The van der Waals surface area contributed by atoms with Gasteiger partial charge in [0.15, 0.2) is 0 Å². The van der Waals surface area contributed by atoms with Crippen LogP contribution in [-0.2, 0) is 22.0 Å². The maximum absolute atomic E-state index is 12.0. The lowest BCUT2D eigenvalue weighted by molar-refractivity contribution is -0.0498. The smallest absolute Gasteiger partial charge is 0.387 e. The molecule has 0 aliphatic carbocycles. The Morgan fingerprint density at radius 3 is 1.38 bits per heavy atom. The van der Waals surface area contributed by atoms with Crippen LogP contribution in [-0.4, -0.2) is 31.1 Å². The largest absolute Gasteiger partial charge is 0.494 e. The highest BCUT2D eigenvalue weighted by Crippen LogP contribution is 2.22. The van der Waals surface area contributed by atoms with Crippen molar-refractivity contribution in [3.05, 3.63) is 59.7 Å². The summed E-state index contributed by atoms with van der Waals surface area (Å²) in [5.74, 6) is 0.980. The van der Waals surface area contributed by atoms with Gasteiger partial charge in [0, 0.05) is 12.1 Å². The number of benzene rings is 2. The number of halogens is 2. The van der Waals surface area contributed by atoms with E-state index in [1.807, 2.05) is 86.6 Å². The van der Waals surface area contributed by atoms with Gasteiger partial charge in [0.1, 0.15) is 11.5 Å². The molecule has 0 radical (unpaired) electrons. The van der Waals surface area contributed by atoms with Crippen molar-refractivity contribution >= 4 is 22.0 Å². The molecule has 210 valence electrons. The van der Waals surface area contributed by atoms with Crippen LogP contribution in [0.15, 0.2) is 48.5 Å². The van der Waals surface area contributed by atoms with E-state index in [4.69, 9.17) is 4.74 Å². The van der Waals surface area contributed by atoms with E-state index in [0.717, 1.165) is 16.9 Å². The van der Waals surface area contributed by atoms with Crippen molar-refractivity contribution in [3.8, 4) is 11.5 Å². The fourth-order valence-corrected chi connectivity index (χ4v) is 4.39. The molecule has 0 spiro atoms. The standard InChI is InChI=1S/C14H23NO2S.C13H19F2NO2S/c1-6-17-13-9-7-12(8-10-13)11(2)15-18(16)14(3,4)5;1-9(16-19(17)13(2,3)4)10-5-7-11(8-6-10)18-12(14)15/h7-11,15H,6H2,1-5H3;5-9,12,16H,1-4H3. The predicted octanol–water partition coefficient (Wildman–Crippen LogP) is 6.60. The first-order valence-electron chi connectivity index (χ1n) is 12.2. The zero-order valence-electron chi connectivity index (χ0n) is 23.3. The van der Waals surface area contributed by atoms with Crippen LogP contribution in [0.1, 0.15) is 85.5 Å². The fourth-order valence-electron chi connectivity index (χ4n) is 2.77. The molecule has 0 saturated heterocycles. The Labute approximate surface area is 226 Å². The summed E-state index contributed by atoms with van der Waals surface area (Å²) < 4.78 is 63.1. The SMILES string of the molecule is CC(NS(=O)C(C)(C)C)c1ccc(OC(F)F)cc1.CCOc1ccc(C(C)NS(=O)C(C)(C)C)cc1. The van der Waals surface area contributed by atoms with Crippen molar-refractivity contribution in [1.82, 2.24) is 9.44 Å². The highest BCUT2D eigenvalue weighted by molar-refractivity contribution is 7.84. The first-order chi connectivity index (χ1) is 17.0. The molecule has 4 atom stereocenters. The summed E-state index contributed by atoms with van der Waals surface area (Å²) in [6.07, 6.45) is 0. The van der Waals surface area contributed by atoms with Crippen LogP contribution in [0.5, 0.6) is 11.5 Å². The summed E-state index contributed by atoms with van der Waals surface area (Å²) in [6.45, 7) is 15.2. The van der Waals surface area contributed by atoms with E-state index >= 15 is 0 Å². The zero-order chi connectivity index (χ0) is 28.4. The maximum atomic E-state index is 12.0. The Hall–Kier alpha value is -1.88. The van der Waals surface area contributed by atoms with Gasteiger partial charge in [-0.05, 0) is 97.7 Å². The summed E-state index contributed by atoms with van der Waals surface area (Å²) in [5.41, 5.74) is 1.97. The minimum atomic E-state index is -2.82. The van der Waals surface area contributed by atoms with Gasteiger partial charge in [-0.25, -0.2) is 17.9 Å². The molecule has 37 heavy (non-hydrogen) atoms. The van der Waals surface area contributed by atoms with E-state index in [-0.39, 0.29) is 27.3 Å². The summed E-state index contributed by atoms with van der Waals surface area (Å²) in [4.78, 5) is 0. The van der Waals surface area contributed by atoms with Crippen molar-refractivity contribution in [1.29, 1.82) is 0 Å². The monoisotopic (exact) mass is 560 g/mol. The van der Waals surface area contributed by atoms with Crippen molar-refractivity contribution < 1.29 is 26.7 Å². The summed E-state index contributed by atoms with van der Waals surface area (Å²) in [5, 5.41) is 0. The third kappa shape index (κ3) is 12.5. The van der Waals surface area contributed by atoms with Crippen molar-refractivity contribution in [2.75, 3.05) is 6.61 Å². The van der Waals surface area contributed by atoms with Crippen molar-refractivity contribution in [2.24, 2.45) is 0 Å². The zero-order valence-corrected chi connectivity index (χ0v) is 24.9. The number of rotatable bonds is 10. The van der Waals surface area contributed by atoms with Gasteiger partial charge >= 0.3 is 6.61 Å². The molecule has 2 aromatic carbocycles. The van der Waals surface area contributed by atoms with Gasteiger partial charge in [0.25, 0.3) is 0 Å². The molecule has 0 fully saturated rings. The van der Waals surface area contributed by atoms with Gasteiger partial charge in [-0.3, -0.25) is 0 Å². The molecule has 0 saturated carbocycles. The second kappa shape index (κ2) is 14.9. The molecule has 0 amide bonds. The lowest BCUT2D eigenvalue weighted by Crippen LogP contribution is -2.34. The van der Waals surface area contributed by atoms with Gasteiger partial charge in [0.2, 0.25) is 0 Å². The van der Waals surface area contributed by atoms with E-state index < -0.39 is 28.6 Å². The molecule has 2 aromatic rings. The minimum Gasteiger partial charge on any atom is -0.494 e. The maximum Gasteiger partial charge on any atom is 0.387 e. The molecular weight excluding hydrogens is 518 g/mol. The number of ether oxygens (including phenoxy) is 2. The topological polar surface area (TPSA) is 76.7 Å². The molecule has 0 aliphatic rings. The van der Waals surface area contributed by atoms with E-state index in [0.29, 0.717) is 6.61 Å². The van der Waals surface area contributed by atoms with Crippen LogP contribution in [0.3, 0.4) is 0 Å². The van der Waals surface area contributed by atoms with Gasteiger partial charge in [-0.15, -0.1) is 0 Å². The Morgan fingerprint density at radius 1 is 0.730 bits per heavy atom. The first kappa shape index (κ1) is 33.1. The molecule has 2 rings (SSSR count). The second-order valence-corrected chi connectivity index (χ2v) is 14.4. The number of hydrogen-bond donors (Lipinski definition) is 2. The lowest BCUT2D eigenvalue weighted by atomic mass is 10.1. The van der Waals surface area contributed by atoms with E-state index in [1.54, 1.807) is 12.1 Å². The molecule has 6 nitrogen and oxygen atoms in total. The second-order valence-electron chi connectivity index (χ2n) is 10.4. The van der Waals surface area contributed by atoms with Crippen LogP contribution in [0.4, 0.5) is 8.78 Å². The predicted molar refractivity (Wildman–Crippen MR) is 150 cm³/mol. The summed E-state index contributed by atoms with van der Waals surface area (Å²) in [7, 11) is -2.24. The molecule has 0 aromatic heterocycles. The van der Waals surface area contributed by atoms with Crippen molar-refractivity contribution in [3.63, 3.8) is 0 Å². The number of alkyl halides is 2. The van der Waals surface area contributed by atoms with Crippen LogP contribution < -0.4 is 18.9 Å². The molecule has 0 heterocycles. The number of hydrogen-bond acceptors (Lipinski definition) is 4. The Balaban J connectivity index is 0.000000371. The highest BCUT2D eigenvalue weighted by atomic mass is 32.2. The summed E-state index contributed by atoms with van der Waals surface area (Å²) in [6, 6.07) is 14.1. The van der Waals surface area contributed by atoms with Crippen LogP contribution in [0.2, 0.25) is 0 Å². The average molecular weight is 561 g/mol. The molecule has 2 N–H and O–H groups in total. The average Bonchev–Trinajstić information content (AvgIpc) is 2.79. The Kier molecular flexibility index (Phi) is 13.3. The third-order valence-electron chi connectivity index (χ3n) is 4.98. The van der Waals surface area contributed by atoms with Crippen molar-refractivity contribution in [2.45, 2.75) is 90.5 Å². The number of nitrogens with one attached hydrogen (secondary N) is 2. The van der Waals surface area contributed by atoms with Gasteiger partial charge in [-0.1, -0.05) is 24.3 Å². The fraction of sp³-hybridized carbons (Fsp3) is 0.556. The first-order valence-corrected chi connectivity index (χ1v) is 14.5. The normalized spacial score (nSPS) is 15.2. The van der Waals surface area contributed by atoms with Gasteiger partial charge in [-0.2, -0.15) is 8.78 Å². The summed E-state index contributed by atoms with van der Waals surface area (Å²) >= 11 is 0. The van der Waals surface area contributed by atoms with Gasteiger partial charge < -0.3 is 9.47 Å². The Bertz CT molecular complexity index is 989. The molecule has 0 aliphatic heterocycles. The molecule has 0 bridgehead atoms. The Morgan fingerprint density at radius 2 is 1.08 bits per heavy atom. The molecule has 4 unspecified atom stereocenters. The molecular formula is C27H42F2N2O4S2. The van der Waals surface area contributed by atoms with Crippen LogP contribution >= 0.6 is 0 Å². The lowest BCUT2D eigenvalue weighted by Gasteiger charge is -2.22.